The maximum Gasteiger partial charge on any atom is 0.234 e. The summed E-state index contributed by atoms with van der Waals surface area (Å²) >= 11 is 0. The second kappa shape index (κ2) is 11.1. The highest BCUT2D eigenvalue weighted by atomic mass is 19.1. The summed E-state index contributed by atoms with van der Waals surface area (Å²) in [5, 5.41) is 7.33. The number of rotatable bonds is 7. The molecule has 2 saturated heterocycles. The van der Waals surface area contributed by atoms with E-state index >= 15 is 0 Å². The number of hydrogen-bond donors (Lipinski definition) is 1. The van der Waals surface area contributed by atoms with Gasteiger partial charge in [-0.15, -0.1) is 0 Å². The number of nitrogens with zero attached hydrogens (tertiary/aromatic N) is 4. The van der Waals surface area contributed by atoms with E-state index in [1.54, 1.807) is 12.1 Å². The molecule has 1 saturated carbocycles. The van der Waals surface area contributed by atoms with Gasteiger partial charge in [-0.3, -0.25) is 14.6 Å². The molecule has 190 valence electrons. The first-order valence-electron chi connectivity index (χ1n) is 13.0. The van der Waals surface area contributed by atoms with E-state index in [-0.39, 0.29) is 23.2 Å². The van der Waals surface area contributed by atoms with Crippen molar-refractivity contribution in [1.82, 2.24) is 25.3 Å². The first-order chi connectivity index (χ1) is 17.1. The van der Waals surface area contributed by atoms with E-state index in [0.717, 1.165) is 58.5 Å². The minimum atomic E-state index is -0.327. The third-order valence-electron chi connectivity index (χ3n) is 7.83. The van der Waals surface area contributed by atoms with Gasteiger partial charge >= 0.3 is 0 Å². The lowest BCUT2D eigenvalue weighted by Gasteiger charge is -2.48. The fourth-order valence-corrected chi connectivity index (χ4v) is 5.92. The van der Waals surface area contributed by atoms with Crippen LogP contribution in [0.3, 0.4) is 0 Å². The molecule has 0 radical (unpaired) electrons. The van der Waals surface area contributed by atoms with Gasteiger partial charge in [-0.2, -0.15) is 4.98 Å². The molecule has 1 aliphatic carbocycles. The van der Waals surface area contributed by atoms with E-state index in [1.165, 1.54) is 31.4 Å². The summed E-state index contributed by atoms with van der Waals surface area (Å²) in [5.41, 5.74) is 0.670. The van der Waals surface area contributed by atoms with Crippen molar-refractivity contribution in [2.45, 2.75) is 56.4 Å². The molecular weight excluding hydrogens is 449 g/mol. The van der Waals surface area contributed by atoms with Gasteiger partial charge in [-0.1, -0.05) is 36.6 Å². The number of piperidine rings is 1. The van der Waals surface area contributed by atoms with Gasteiger partial charge in [0.15, 0.2) is 0 Å². The first-order valence-corrected chi connectivity index (χ1v) is 13.0. The molecule has 1 atom stereocenters. The molecule has 9 heteroatoms. The van der Waals surface area contributed by atoms with Crippen molar-refractivity contribution >= 4 is 5.91 Å². The predicted octanol–water partition coefficient (Wildman–Crippen LogP) is 3.21. The second-order valence-electron chi connectivity index (χ2n) is 10.2. The second-order valence-corrected chi connectivity index (χ2v) is 10.2. The summed E-state index contributed by atoms with van der Waals surface area (Å²) in [7, 11) is 0. The van der Waals surface area contributed by atoms with Crippen molar-refractivity contribution < 1.29 is 18.4 Å². The molecule has 1 amide bonds. The quantitative estimate of drug-likeness (QED) is 0.645. The third kappa shape index (κ3) is 5.90. The minimum absolute atomic E-state index is 0.0686. The van der Waals surface area contributed by atoms with E-state index in [4.69, 9.17) is 9.26 Å². The Balaban J connectivity index is 1.16. The van der Waals surface area contributed by atoms with Gasteiger partial charge in [0.2, 0.25) is 17.6 Å². The number of morpholine rings is 1. The molecule has 5 rings (SSSR count). The number of nitrogens with one attached hydrogen (secondary N) is 1. The van der Waals surface area contributed by atoms with Crippen molar-refractivity contribution in [3.63, 3.8) is 0 Å². The molecule has 8 nitrogen and oxygen atoms in total. The monoisotopic (exact) mass is 485 g/mol. The summed E-state index contributed by atoms with van der Waals surface area (Å²) in [6.07, 6.45) is 7.92. The van der Waals surface area contributed by atoms with Crippen LogP contribution in [0.1, 0.15) is 56.8 Å². The Morgan fingerprint density at radius 1 is 1.14 bits per heavy atom. The predicted molar refractivity (Wildman–Crippen MR) is 129 cm³/mol. The fraction of sp³-hybridized carbons (Fsp3) is 0.654. The molecule has 35 heavy (non-hydrogen) atoms. The van der Waals surface area contributed by atoms with Gasteiger partial charge in [0.25, 0.3) is 0 Å². The number of benzene rings is 1. The summed E-state index contributed by atoms with van der Waals surface area (Å²) in [5.74, 6) is 0.782. The van der Waals surface area contributed by atoms with E-state index in [0.29, 0.717) is 36.9 Å². The Bertz CT molecular complexity index is 987. The molecule has 3 aliphatic rings. The van der Waals surface area contributed by atoms with Gasteiger partial charge in [0, 0.05) is 37.3 Å². The minimum Gasteiger partial charge on any atom is -0.379 e. The van der Waals surface area contributed by atoms with E-state index < -0.39 is 0 Å². The lowest BCUT2D eigenvalue weighted by atomic mass is 9.79. The van der Waals surface area contributed by atoms with Crippen molar-refractivity contribution in [2.75, 3.05) is 52.5 Å². The molecule has 1 unspecified atom stereocenters. The maximum absolute atomic E-state index is 13.6. The van der Waals surface area contributed by atoms with E-state index in [2.05, 4.69) is 25.3 Å². The molecule has 2 aromatic rings. The molecule has 1 N–H and O–H groups in total. The molecular formula is C26H36FN5O3. The van der Waals surface area contributed by atoms with Crippen LogP contribution in [0.5, 0.6) is 0 Å². The summed E-state index contributed by atoms with van der Waals surface area (Å²) in [6, 6.07) is 6.21. The number of hydrogen-bond acceptors (Lipinski definition) is 7. The molecule has 1 aromatic carbocycles. The summed E-state index contributed by atoms with van der Waals surface area (Å²) in [6.45, 7) is 6.13. The van der Waals surface area contributed by atoms with E-state index in [9.17, 15) is 9.18 Å². The zero-order valence-corrected chi connectivity index (χ0v) is 20.4. The van der Waals surface area contributed by atoms with Crippen molar-refractivity contribution in [2.24, 2.45) is 0 Å². The highest BCUT2D eigenvalue weighted by Crippen LogP contribution is 2.34. The number of aromatic nitrogens is 2. The average molecular weight is 486 g/mol. The topological polar surface area (TPSA) is 83.7 Å². The highest BCUT2D eigenvalue weighted by molar-refractivity contribution is 5.78. The van der Waals surface area contributed by atoms with Crippen LogP contribution < -0.4 is 5.32 Å². The van der Waals surface area contributed by atoms with Gasteiger partial charge in [0.1, 0.15) is 5.82 Å². The van der Waals surface area contributed by atoms with Crippen LogP contribution in [-0.2, 0) is 9.53 Å². The number of halogens is 1. The maximum atomic E-state index is 13.6. The summed E-state index contributed by atoms with van der Waals surface area (Å²) in [4.78, 5) is 22.2. The lowest BCUT2D eigenvalue weighted by Crippen LogP contribution is -2.60. The zero-order chi connectivity index (χ0) is 24.1. The van der Waals surface area contributed by atoms with Crippen LogP contribution in [0.2, 0.25) is 0 Å². The normalized spacial score (nSPS) is 23.7. The van der Waals surface area contributed by atoms with Crippen LogP contribution in [0, 0.1) is 5.82 Å². The molecule has 0 spiro atoms. The van der Waals surface area contributed by atoms with Crippen molar-refractivity contribution in [3.8, 4) is 11.4 Å². The Morgan fingerprint density at radius 3 is 2.77 bits per heavy atom. The Morgan fingerprint density at radius 2 is 1.97 bits per heavy atom. The van der Waals surface area contributed by atoms with Crippen LogP contribution in [0.15, 0.2) is 28.8 Å². The van der Waals surface area contributed by atoms with Crippen LogP contribution in [0.4, 0.5) is 4.39 Å². The fourth-order valence-electron chi connectivity index (χ4n) is 5.92. The number of carbonyl (C=O) groups excluding carboxylic acids is 1. The number of amides is 1. The van der Waals surface area contributed by atoms with Gasteiger partial charge < -0.3 is 14.6 Å². The zero-order valence-electron chi connectivity index (χ0n) is 20.4. The Labute approximate surface area is 206 Å². The Kier molecular flexibility index (Phi) is 7.75. The molecule has 1 aromatic heterocycles. The highest BCUT2D eigenvalue weighted by Gasteiger charge is 2.39. The van der Waals surface area contributed by atoms with Crippen LogP contribution in [-0.4, -0.2) is 83.9 Å². The van der Waals surface area contributed by atoms with Crippen molar-refractivity contribution in [1.29, 1.82) is 0 Å². The molecule has 3 fully saturated rings. The van der Waals surface area contributed by atoms with Gasteiger partial charge in [-0.05, 0) is 44.4 Å². The summed E-state index contributed by atoms with van der Waals surface area (Å²) < 4.78 is 24.7. The first kappa shape index (κ1) is 24.3. The standard InChI is InChI=1S/C26H36FN5O3/c27-22-8-4-6-20(16-22)24-29-25(35-30-24)21-7-5-11-31(17-21)18-23(33)28-19-26(9-2-1-3-10-26)32-12-14-34-15-13-32/h4,6,8,16,21H,1-3,5,7,9-15,17-19H2,(H,28,33). The van der Waals surface area contributed by atoms with Gasteiger partial charge in [0.05, 0.1) is 25.7 Å². The SMILES string of the molecule is O=C(CN1CCCC(c2nc(-c3cccc(F)c3)no2)C1)NCC1(N2CCOCC2)CCCCC1. The number of likely N-dealkylation sites (tertiary alicyclic amines) is 1. The van der Waals surface area contributed by atoms with Crippen LogP contribution in [0.25, 0.3) is 11.4 Å². The molecule has 3 heterocycles. The van der Waals surface area contributed by atoms with Gasteiger partial charge in [-0.25, -0.2) is 4.39 Å². The van der Waals surface area contributed by atoms with Crippen molar-refractivity contribution in [3.05, 3.63) is 36.0 Å². The van der Waals surface area contributed by atoms with Crippen LogP contribution >= 0.6 is 0 Å². The third-order valence-corrected chi connectivity index (χ3v) is 7.83. The lowest BCUT2D eigenvalue weighted by molar-refractivity contribution is -0.123. The molecule has 0 bridgehead atoms. The molecule has 2 aliphatic heterocycles. The largest absolute Gasteiger partial charge is 0.379 e. The number of carbonyl (C=O) groups is 1. The Hall–Kier alpha value is -2.36. The smallest absolute Gasteiger partial charge is 0.234 e. The average Bonchev–Trinajstić information content (AvgIpc) is 3.40. The number of ether oxygens (including phenoxy) is 1. The van der Waals surface area contributed by atoms with E-state index in [1.807, 2.05) is 0 Å².